The number of carboxylic acids is 1. The minimum atomic E-state index is -1.00. The van der Waals surface area contributed by atoms with Gasteiger partial charge < -0.3 is 25.4 Å². The van der Waals surface area contributed by atoms with Crippen LogP contribution in [0.15, 0.2) is 42.5 Å². The SMILES string of the molecule is CN(CC1CCC1)C(=O)NC(CCN(CCCCc1ccc2c(n1)NCCC2)CCOc1ccccc1)C(=O)O. The number of pyridine rings is 1. The highest BCUT2D eigenvalue weighted by Gasteiger charge is 2.25. The number of aryl methyl sites for hydroxylation is 2. The average molecular weight is 552 g/mol. The molecule has 0 saturated heterocycles. The van der Waals surface area contributed by atoms with Gasteiger partial charge in [0.15, 0.2) is 0 Å². The lowest BCUT2D eigenvalue weighted by molar-refractivity contribution is -0.139. The number of rotatable bonds is 16. The number of carbonyl (C=O) groups excluding carboxylic acids is 1. The largest absolute Gasteiger partial charge is 0.492 e. The van der Waals surface area contributed by atoms with E-state index in [1.807, 2.05) is 30.3 Å². The molecular weight excluding hydrogens is 506 g/mol. The van der Waals surface area contributed by atoms with Crippen molar-refractivity contribution in [1.29, 1.82) is 0 Å². The van der Waals surface area contributed by atoms with Crippen molar-refractivity contribution in [2.24, 2.45) is 5.92 Å². The molecule has 1 aliphatic heterocycles. The van der Waals surface area contributed by atoms with Gasteiger partial charge in [0, 0.05) is 38.9 Å². The molecule has 1 atom stereocenters. The third-order valence-electron chi connectivity index (χ3n) is 7.96. The van der Waals surface area contributed by atoms with Crippen molar-refractivity contribution >= 4 is 17.8 Å². The van der Waals surface area contributed by atoms with Crippen LogP contribution in [0.5, 0.6) is 5.75 Å². The fourth-order valence-electron chi connectivity index (χ4n) is 5.27. The first-order valence-corrected chi connectivity index (χ1v) is 14.8. The van der Waals surface area contributed by atoms with Crippen LogP contribution in [-0.2, 0) is 17.6 Å². The van der Waals surface area contributed by atoms with Crippen LogP contribution in [0.3, 0.4) is 0 Å². The Balaban J connectivity index is 1.26. The number of nitrogens with one attached hydrogen (secondary N) is 2. The fourth-order valence-corrected chi connectivity index (χ4v) is 5.27. The molecule has 1 saturated carbocycles. The molecule has 218 valence electrons. The molecule has 1 unspecified atom stereocenters. The molecule has 0 bridgehead atoms. The summed E-state index contributed by atoms with van der Waals surface area (Å²) in [5.74, 6) is 1.38. The van der Waals surface area contributed by atoms with Gasteiger partial charge in [-0.25, -0.2) is 14.6 Å². The highest BCUT2D eigenvalue weighted by Crippen LogP contribution is 2.26. The zero-order chi connectivity index (χ0) is 28.2. The van der Waals surface area contributed by atoms with Gasteiger partial charge >= 0.3 is 12.0 Å². The summed E-state index contributed by atoms with van der Waals surface area (Å²) >= 11 is 0. The predicted octanol–water partition coefficient (Wildman–Crippen LogP) is 4.43. The second-order valence-corrected chi connectivity index (χ2v) is 11.1. The lowest BCUT2D eigenvalue weighted by atomic mass is 9.85. The molecule has 2 aromatic rings. The van der Waals surface area contributed by atoms with E-state index in [1.165, 1.54) is 12.0 Å². The summed E-state index contributed by atoms with van der Waals surface area (Å²) in [7, 11) is 1.74. The number of anilines is 1. The van der Waals surface area contributed by atoms with Crippen LogP contribution < -0.4 is 15.4 Å². The molecule has 2 aliphatic rings. The maximum Gasteiger partial charge on any atom is 0.326 e. The van der Waals surface area contributed by atoms with Gasteiger partial charge in [0.2, 0.25) is 0 Å². The quantitative estimate of drug-likeness (QED) is 0.265. The second kappa shape index (κ2) is 15.5. The molecule has 4 rings (SSSR count). The number of ether oxygens (including phenoxy) is 1. The normalized spacial score (nSPS) is 15.4. The monoisotopic (exact) mass is 551 g/mol. The molecule has 2 heterocycles. The minimum absolute atomic E-state index is 0.315. The van der Waals surface area contributed by atoms with Crippen molar-refractivity contribution in [3.8, 4) is 5.75 Å². The second-order valence-electron chi connectivity index (χ2n) is 11.1. The number of unbranched alkanes of at least 4 members (excludes halogenated alkanes) is 1. The van der Waals surface area contributed by atoms with E-state index >= 15 is 0 Å². The van der Waals surface area contributed by atoms with Gasteiger partial charge in [-0.3, -0.25) is 4.90 Å². The zero-order valence-corrected chi connectivity index (χ0v) is 23.8. The minimum Gasteiger partial charge on any atom is -0.492 e. The maximum atomic E-state index is 12.6. The van der Waals surface area contributed by atoms with E-state index in [4.69, 9.17) is 9.72 Å². The van der Waals surface area contributed by atoms with E-state index < -0.39 is 12.0 Å². The van der Waals surface area contributed by atoms with E-state index in [9.17, 15) is 14.7 Å². The highest BCUT2D eigenvalue weighted by atomic mass is 16.5. The van der Waals surface area contributed by atoms with Crippen molar-refractivity contribution in [1.82, 2.24) is 20.1 Å². The van der Waals surface area contributed by atoms with E-state index in [1.54, 1.807) is 11.9 Å². The first-order valence-electron chi connectivity index (χ1n) is 14.8. The zero-order valence-electron chi connectivity index (χ0n) is 23.8. The molecule has 1 aromatic carbocycles. The Morgan fingerprint density at radius 3 is 2.67 bits per heavy atom. The number of nitrogens with zero attached hydrogens (tertiary/aromatic N) is 3. The Morgan fingerprint density at radius 2 is 1.93 bits per heavy atom. The molecule has 0 radical (unpaired) electrons. The maximum absolute atomic E-state index is 12.6. The molecule has 9 nitrogen and oxygen atoms in total. The van der Waals surface area contributed by atoms with E-state index in [-0.39, 0.29) is 6.03 Å². The number of amides is 2. The highest BCUT2D eigenvalue weighted by molar-refractivity contribution is 5.82. The average Bonchev–Trinajstić information content (AvgIpc) is 2.94. The summed E-state index contributed by atoms with van der Waals surface area (Å²) in [6.45, 7) is 4.23. The van der Waals surface area contributed by atoms with Crippen LogP contribution in [0.25, 0.3) is 0 Å². The summed E-state index contributed by atoms with van der Waals surface area (Å²) < 4.78 is 5.92. The number of urea groups is 1. The van der Waals surface area contributed by atoms with Crippen molar-refractivity contribution in [3.05, 3.63) is 53.7 Å². The molecule has 1 fully saturated rings. The van der Waals surface area contributed by atoms with E-state index in [2.05, 4.69) is 27.7 Å². The standard InChI is InChI=1S/C31H45N5O4/c1-35(23-24-9-7-10-24)31(39)34-28(30(37)38)17-20-36(21-22-40-27-13-3-2-4-14-27)19-6-5-12-26-16-15-25-11-8-18-32-29(25)33-26/h2-4,13-16,24,28H,5-12,17-23H2,1H3,(H,32,33)(H,34,39)(H,37,38). The Labute approximate surface area is 238 Å². The van der Waals surface area contributed by atoms with Crippen molar-refractivity contribution in [2.75, 3.05) is 51.7 Å². The van der Waals surface area contributed by atoms with E-state index in [0.717, 1.165) is 75.3 Å². The van der Waals surface area contributed by atoms with Crippen molar-refractivity contribution in [2.45, 2.75) is 63.8 Å². The third kappa shape index (κ3) is 9.40. The number of carboxylic acid groups (broad SMARTS) is 1. The topological polar surface area (TPSA) is 107 Å². The van der Waals surface area contributed by atoms with Crippen molar-refractivity contribution in [3.63, 3.8) is 0 Å². The van der Waals surface area contributed by atoms with Crippen LogP contribution in [-0.4, -0.2) is 84.3 Å². The van der Waals surface area contributed by atoms with Crippen molar-refractivity contribution < 1.29 is 19.4 Å². The molecular formula is C31H45N5O4. The summed E-state index contributed by atoms with van der Waals surface area (Å²) in [5, 5.41) is 16.0. The third-order valence-corrected chi connectivity index (χ3v) is 7.96. The van der Waals surface area contributed by atoms with Gasteiger partial charge in [-0.15, -0.1) is 0 Å². The number of para-hydroxylation sites is 1. The first kappa shape index (κ1) is 29.6. The Bertz CT molecular complexity index is 1080. The van der Waals surface area contributed by atoms with Crippen LogP contribution in [0.4, 0.5) is 10.6 Å². The van der Waals surface area contributed by atoms with Crippen LogP contribution in [0.1, 0.15) is 56.2 Å². The van der Waals surface area contributed by atoms with Gasteiger partial charge in [-0.2, -0.15) is 0 Å². The summed E-state index contributed by atoms with van der Waals surface area (Å²) in [4.78, 5) is 33.3. The smallest absolute Gasteiger partial charge is 0.326 e. The number of hydrogen-bond donors (Lipinski definition) is 3. The van der Waals surface area contributed by atoms with Gasteiger partial charge in [0.1, 0.15) is 24.2 Å². The Kier molecular flexibility index (Phi) is 11.5. The van der Waals surface area contributed by atoms with E-state index in [0.29, 0.717) is 38.6 Å². The summed E-state index contributed by atoms with van der Waals surface area (Å²) in [6.07, 6.45) is 8.93. The van der Waals surface area contributed by atoms with Gasteiger partial charge in [-0.1, -0.05) is 30.7 Å². The number of carbonyl (C=O) groups is 2. The summed E-state index contributed by atoms with van der Waals surface area (Å²) in [5.41, 5.74) is 2.40. The number of fused-ring (bicyclic) bond motifs is 1. The Morgan fingerprint density at radius 1 is 1.10 bits per heavy atom. The lowest BCUT2D eigenvalue weighted by Gasteiger charge is -2.31. The fraction of sp³-hybridized carbons (Fsp3) is 0.581. The lowest BCUT2D eigenvalue weighted by Crippen LogP contribution is -2.49. The molecule has 0 spiro atoms. The van der Waals surface area contributed by atoms with Gasteiger partial charge in [0.05, 0.1) is 0 Å². The number of aliphatic carboxylic acids is 1. The molecule has 9 heteroatoms. The summed E-state index contributed by atoms with van der Waals surface area (Å²) in [6, 6.07) is 12.8. The predicted molar refractivity (Wildman–Crippen MR) is 157 cm³/mol. The number of aromatic nitrogens is 1. The van der Waals surface area contributed by atoms with Crippen LogP contribution >= 0.6 is 0 Å². The number of hydrogen-bond acceptors (Lipinski definition) is 6. The van der Waals surface area contributed by atoms with Crippen LogP contribution in [0, 0.1) is 5.92 Å². The molecule has 40 heavy (non-hydrogen) atoms. The van der Waals surface area contributed by atoms with Gasteiger partial charge in [0.25, 0.3) is 0 Å². The number of benzene rings is 1. The molecule has 1 aromatic heterocycles. The molecule has 2 amide bonds. The molecule has 1 aliphatic carbocycles. The van der Waals surface area contributed by atoms with Gasteiger partial charge in [-0.05, 0) is 87.6 Å². The molecule has 3 N–H and O–H groups in total. The Hall–Kier alpha value is -3.33. The first-order chi connectivity index (χ1) is 19.5. The van der Waals surface area contributed by atoms with Crippen LogP contribution in [0.2, 0.25) is 0 Å².